The normalized spacial score (nSPS) is 10.5. The Labute approximate surface area is 229 Å². The highest BCUT2D eigenvalue weighted by molar-refractivity contribution is 14.1. The summed E-state index contributed by atoms with van der Waals surface area (Å²) in [5.41, 5.74) is 4.89. The third kappa shape index (κ3) is 6.21. The van der Waals surface area contributed by atoms with Crippen LogP contribution in [0.2, 0.25) is 0 Å². The zero-order chi connectivity index (χ0) is 26.4. The van der Waals surface area contributed by atoms with Crippen molar-refractivity contribution >= 4 is 51.7 Å². The fourth-order valence-electron chi connectivity index (χ4n) is 3.73. The maximum absolute atomic E-state index is 13.0. The standard InChI is InChI=1S/C29H26IN5O2/c1-35(2)27(31)23-8-4-3-7-22(23)20-12-14-21(15-13-20)28(36)33-25-10-6-5-9-24(25)29(37)34-26-16-11-19(17-30)18-32-26/h3-16,18,31H,17H2,1-2H3,(H,33,36)(H,32,34,37). The van der Waals surface area contributed by atoms with Crippen molar-refractivity contribution in [2.24, 2.45) is 0 Å². The maximum atomic E-state index is 13.0. The minimum Gasteiger partial charge on any atom is -0.363 e. The lowest BCUT2D eigenvalue weighted by Gasteiger charge is -2.17. The van der Waals surface area contributed by atoms with E-state index in [1.807, 2.05) is 56.6 Å². The smallest absolute Gasteiger partial charge is 0.258 e. The predicted molar refractivity (Wildman–Crippen MR) is 157 cm³/mol. The molecule has 0 bridgehead atoms. The Morgan fingerprint density at radius 3 is 2.16 bits per heavy atom. The van der Waals surface area contributed by atoms with E-state index in [1.54, 1.807) is 53.6 Å². The van der Waals surface area contributed by atoms with Gasteiger partial charge in [-0.15, -0.1) is 0 Å². The fourth-order valence-corrected chi connectivity index (χ4v) is 4.18. The van der Waals surface area contributed by atoms with Gasteiger partial charge in [-0.25, -0.2) is 4.98 Å². The molecule has 2 amide bonds. The molecule has 8 heteroatoms. The molecule has 0 spiro atoms. The van der Waals surface area contributed by atoms with Gasteiger partial charge in [-0.2, -0.15) is 0 Å². The van der Waals surface area contributed by atoms with Crippen molar-refractivity contribution in [1.29, 1.82) is 5.41 Å². The van der Waals surface area contributed by atoms with Gasteiger partial charge in [0, 0.05) is 35.8 Å². The molecule has 4 rings (SSSR count). The van der Waals surface area contributed by atoms with Gasteiger partial charge in [0.1, 0.15) is 11.7 Å². The Balaban J connectivity index is 1.51. The van der Waals surface area contributed by atoms with E-state index in [0.29, 0.717) is 28.5 Å². The Morgan fingerprint density at radius 1 is 0.838 bits per heavy atom. The molecule has 1 heterocycles. The highest BCUT2D eigenvalue weighted by atomic mass is 127. The van der Waals surface area contributed by atoms with Crippen LogP contribution in [0.4, 0.5) is 11.5 Å². The highest BCUT2D eigenvalue weighted by Gasteiger charge is 2.16. The summed E-state index contributed by atoms with van der Waals surface area (Å²) in [5.74, 6) is 0.160. The average Bonchev–Trinajstić information content (AvgIpc) is 2.93. The zero-order valence-corrected chi connectivity index (χ0v) is 22.6. The summed E-state index contributed by atoms with van der Waals surface area (Å²) < 4.78 is 0.834. The second kappa shape index (κ2) is 11.8. The molecule has 7 nitrogen and oxygen atoms in total. The van der Waals surface area contributed by atoms with E-state index in [0.717, 1.165) is 26.7 Å². The second-order valence-electron chi connectivity index (χ2n) is 8.51. The number of anilines is 2. The van der Waals surface area contributed by atoms with Gasteiger partial charge >= 0.3 is 0 Å². The molecule has 0 fully saturated rings. The van der Waals surface area contributed by atoms with Crippen molar-refractivity contribution in [2.45, 2.75) is 4.43 Å². The monoisotopic (exact) mass is 603 g/mol. The minimum absolute atomic E-state index is 0.328. The molecule has 0 saturated carbocycles. The third-order valence-corrected chi connectivity index (χ3v) is 6.61. The number of nitrogens with one attached hydrogen (secondary N) is 3. The molecule has 186 valence electrons. The van der Waals surface area contributed by atoms with Gasteiger partial charge in [-0.3, -0.25) is 15.0 Å². The summed E-state index contributed by atoms with van der Waals surface area (Å²) in [6, 6.07) is 25.4. The van der Waals surface area contributed by atoms with Gasteiger partial charge in [0.25, 0.3) is 11.8 Å². The number of pyridine rings is 1. The Morgan fingerprint density at radius 2 is 1.51 bits per heavy atom. The van der Waals surface area contributed by atoms with Crippen LogP contribution in [0, 0.1) is 5.41 Å². The third-order valence-electron chi connectivity index (χ3n) is 5.73. The van der Waals surface area contributed by atoms with Gasteiger partial charge in [0.15, 0.2) is 0 Å². The van der Waals surface area contributed by atoms with Crippen LogP contribution >= 0.6 is 22.6 Å². The topological polar surface area (TPSA) is 98.2 Å². The van der Waals surface area contributed by atoms with E-state index in [9.17, 15) is 9.59 Å². The Kier molecular flexibility index (Phi) is 8.29. The quantitative estimate of drug-likeness (QED) is 0.103. The van der Waals surface area contributed by atoms with Crippen LogP contribution in [0.1, 0.15) is 31.8 Å². The second-order valence-corrected chi connectivity index (χ2v) is 9.27. The summed E-state index contributed by atoms with van der Waals surface area (Å²) in [6.45, 7) is 0. The van der Waals surface area contributed by atoms with Crippen LogP contribution in [0.5, 0.6) is 0 Å². The van der Waals surface area contributed by atoms with Gasteiger partial charge in [0.2, 0.25) is 0 Å². The SMILES string of the molecule is CN(C)C(=N)c1ccccc1-c1ccc(C(=O)Nc2ccccc2C(=O)Nc2ccc(CI)cn2)cc1. The lowest BCUT2D eigenvalue weighted by molar-refractivity contribution is 0.102. The summed E-state index contributed by atoms with van der Waals surface area (Å²) in [7, 11) is 3.67. The van der Waals surface area contributed by atoms with Crippen molar-refractivity contribution in [3.05, 3.63) is 113 Å². The molecular weight excluding hydrogens is 577 g/mol. The van der Waals surface area contributed by atoms with Crippen LogP contribution < -0.4 is 10.6 Å². The number of nitrogens with zero attached hydrogens (tertiary/aromatic N) is 2. The number of hydrogen-bond acceptors (Lipinski definition) is 4. The van der Waals surface area contributed by atoms with E-state index in [-0.39, 0.29) is 11.8 Å². The molecule has 0 atom stereocenters. The van der Waals surface area contributed by atoms with Gasteiger partial charge in [-0.05, 0) is 47.0 Å². The predicted octanol–water partition coefficient (Wildman–Crippen LogP) is 6.08. The molecule has 1 aromatic heterocycles. The van der Waals surface area contributed by atoms with Crippen molar-refractivity contribution in [3.8, 4) is 11.1 Å². The van der Waals surface area contributed by atoms with E-state index in [4.69, 9.17) is 5.41 Å². The lowest BCUT2D eigenvalue weighted by atomic mass is 9.97. The first-order valence-corrected chi connectivity index (χ1v) is 13.1. The van der Waals surface area contributed by atoms with Crippen LogP contribution in [-0.4, -0.2) is 41.6 Å². The van der Waals surface area contributed by atoms with Crippen molar-refractivity contribution in [1.82, 2.24) is 9.88 Å². The number of halogens is 1. The molecule has 0 radical (unpaired) electrons. The molecule has 3 aromatic carbocycles. The zero-order valence-electron chi connectivity index (χ0n) is 20.5. The number of carbonyl (C=O) groups is 2. The number of carbonyl (C=O) groups excluding carboxylic acids is 2. The first-order valence-electron chi connectivity index (χ1n) is 11.6. The van der Waals surface area contributed by atoms with E-state index in [1.165, 1.54) is 0 Å². The first kappa shape index (κ1) is 26.0. The fraction of sp³-hybridized carbons (Fsp3) is 0.103. The first-order chi connectivity index (χ1) is 17.9. The number of aromatic nitrogens is 1. The number of para-hydroxylation sites is 1. The lowest BCUT2D eigenvalue weighted by Crippen LogP contribution is -2.22. The summed E-state index contributed by atoms with van der Waals surface area (Å²) >= 11 is 2.25. The number of amidine groups is 1. The molecule has 0 aliphatic carbocycles. The number of alkyl halides is 1. The average molecular weight is 603 g/mol. The molecular formula is C29H26IN5O2. The molecule has 37 heavy (non-hydrogen) atoms. The van der Waals surface area contributed by atoms with Gasteiger partial charge in [0.05, 0.1) is 11.3 Å². The molecule has 0 aliphatic rings. The summed E-state index contributed by atoms with van der Waals surface area (Å²) in [5, 5.41) is 14.0. The molecule has 0 unspecified atom stereocenters. The molecule has 4 aromatic rings. The summed E-state index contributed by atoms with van der Waals surface area (Å²) in [4.78, 5) is 32.0. The van der Waals surface area contributed by atoms with Crippen LogP contribution in [0.3, 0.4) is 0 Å². The minimum atomic E-state index is -0.360. The van der Waals surface area contributed by atoms with Crippen LogP contribution in [0.15, 0.2) is 91.1 Å². The molecule has 0 saturated heterocycles. The van der Waals surface area contributed by atoms with E-state index < -0.39 is 0 Å². The largest absolute Gasteiger partial charge is 0.363 e. The Hall–Kier alpha value is -4.05. The Bertz CT molecular complexity index is 1430. The van der Waals surface area contributed by atoms with Crippen molar-refractivity contribution in [3.63, 3.8) is 0 Å². The molecule has 3 N–H and O–H groups in total. The highest BCUT2D eigenvalue weighted by Crippen LogP contribution is 2.25. The van der Waals surface area contributed by atoms with Crippen LogP contribution in [-0.2, 0) is 4.43 Å². The van der Waals surface area contributed by atoms with Crippen LogP contribution in [0.25, 0.3) is 11.1 Å². The maximum Gasteiger partial charge on any atom is 0.258 e. The number of rotatable bonds is 7. The van der Waals surface area contributed by atoms with Crippen molar-refractivity contribution < 1.29 is 9.59 Å². The molecule has 0 aliphatic heterocycles. The van der Waals surface area contributed by atoms with E-state index in [2.05, 4.69) is 38.2 Å². The van der Waals surface area contributed by atoms with E-state index >= 15 is 0 Å². The number of benzene rings is 3. The summed E-state index contributed by atoms with van der Waals surface area (Å²) in [6.07, 6.45) is 1.72. The number of amides is 2. The van der Waals surface area contributed by atoms with Gasteiger partial charge in [-0.1, -0.05) is 77.2 Å². The van der Waals surface area contributed by atoms with Crippen molar-refractivity contribution in [2.75, 3.05) is 24.7 Å². The number of hydrogen-bond donors (Lipinski definition) is 3. The van der Waals surface area contributed by atoms with Gasteiger partial charge < -0.3 is 15.5 Å².